The molecule has 3 rings (SSSR count). The molecule has 0 unspecified atom stereocenters. The zero-order chi connectivity index (χ0) is 13.8. The van der Waals surface area contributed by atoms with E-state index in [0.29, 0.717) is 0 Å². The van der Waals surface area contributed by atoms with Gasteiger partial charge in [0.15, 0.2) is 11.6 Å². The molecule has 4 nitrogen and oxygen atoms in total. The van der Waals surface area contributed by atoms with Crippen molar-refractivity contribution in [2.24, 2.45) is 0 Å². The SMILES string of the molecule is CCc1cc(-c2ncccn2)cc(-c2ncccn2)c1. The van der Waals surface area contributed by atoms with Crippen LogP contribution in [0.1, 0.15) is 12.5 Å². The van der Waals surface area contributed by atoms with Crippen LogP contribution in [0.25, 0.3) is 22.8 Å². The first-order chi connectivity index (χ1) is 9.86. The molecule has 2 heterocycles. The summed E-state index contributed by atoms with van der Waals surface area (Å²) < 4.78 is 0. The van der Waals surface area contributed by atoms with E-state index < -0.39 is 0 Å². The standard InChI is InChI=1S/C16H14N4/c1-2-12-9-13(15-17-5-3-6-18-15)11-14(10-12)16-19-7-4-8-20-16/h3-11H,2H2,1H3. The number of hydrogen-bond donors (Lipinski definition) is 0. The number of aromatic nitrogens is 4. The van der Waals surface area contributed by atoms with E-state index in [0.717, 1.165) is 29.2 Å². The lowest BCUT2D eigenvalue weighted by molar-refractivity contribution is 1.12. The normalized spacial score (nSPS) is 10.4. The minimum atomic E-state index is 0.722. The number of nitrogens with zero attached hydrogens (tertiary/aromatic N) is 4. The van der Waals surface area contributed by atoms with E-state index in [1.165, 1.54) is 5.56 Å². The number of benzene rings is 1. The third-order valence-corrected chi connectivity index (χ3v) is 3.05. The summed E-state index contributed by atoms with van der Waals surface area (Å²) in [5, 5.41) is 0. The van der Waals surface area contributed by atoms with Gasteiger partial charge in [0.05, 0.1) is 0 Å². The topological polar surface area (TPSA) is 51.6 Å². The van der Waals surface area contributed by atoms with E-state index in [4.69, 9.17) is 0 Å². The highest BCUT2D eigenvalue weighted by atomic mass is 14.9. The number of aryl methyl sites for hydroxylation is 1. The molecule has 98 valence electrons. The van der Waals surface area contributed by atoms with E-state index in [1.807, 2.05) is 18.2 Å². The molecule has 1 aromatic carbocycles. The predicted molar refractivity (Wildman–Crippen MR) is 77.9 cm³/mol. The summed E-state index contributed by atoms with van der Waals surface area (Å²) in [5.74, 6) is 1.44. The molecule has 3 aromatic rings. The summed E-state index contributed by atoms with van der Waals surface area (Å²) >= 11 is 0. The maximum Gasteiger partial charge on any atom is 0.159 e. The summed E-state index contributed by atoms with van der Waals surface area (Å²) in [6.07, 6.45) is 7.94. The van der Waals surface area contributed by atoms with Crippen LogP contribution < -0.4 is 0 Å². The first-order valence-corrected chi connectivity index (χ1v) is 6.55. The molecule has 0 N–H and O–H groups in total. The molecule has 0 amide bonds. The Labute approximate surface area is 117 Å². The van der Waals surface area contributed by atoms with Gasteiger partial charge >= 0.3 is 0 Å². The van der Waals surface area contributed by atoms with Crippen LogP contribution >= 0.6 is 0 Å². The maximum absolute atomic E-state index is 4.31. The highest BCUT2D eigenvalue weighted by Crippen LogP contribution is 2.24. The van der Waals surface area contributed by atoms with Crippen LogP contribution in [0.5, 0.6) is 0 Å². The Morgan fingerprint density at radius 3 is 1.55 bits per heavy atom. The first-order valence-electron chi connectivity index (χ1n) is 6.55. The van der Waals surface area contributed by atoms with Gasteiger partial charge < -0.3 is 0 Å². The molecule has 0 fully saturated rings. The highest BCUT2D eigenvalue weighted by Gasteiger charge is 2.07. The van der Waals surface area contributed by atoms with Crippen LogP contribution in [-0.2, 0) is 6.42 Å². The van der Waals surface area contributed by atoms with Crippen LogP contribution in [-0.4, -0.2) is 19.9 Å². The summed E-state index contributed by atoms with van der Waals surface area (Å²) in [5.41, 5.74) is 3.21. The van der Waals surface area contributed by atoms with Crippen molar-refractivity contribution in [1.82, 2.24) is 19.9 Å². The van der Waals surface area contributed by atoms with E-state index in [2.05, 4.69) is 39.0 Å². The van der Waals surface area contributed by atoms with Gasteiger partial charge in [0.1, 0.15) is 0 Å². The maximum atomic E-state index is 4.31. The summed E-state index contributed by atoms with van der Waals surface area (Å²) in [4.78, 5) is 17.2. The van der Waals surface area contributed by atoms with Gasteiger partial charge in [0, 0.05) is 35.9 Å². The number of hydrogen-bond acceptors (Lipinski definition) is 4. The monoisotopic (exact) mass is 262 g/mol. The quantitative estimate of drug-likeness (QED) is 0.727. The van der Waals surface area contributed by atoms with Gasteiger partial charge in [-0.2, -0.15) is 0 Å². The van der Waals surface area contributed by atoms with Gasteiger partial charge in [-0.3, -0.25) is 0 Å². The molecule has 0 aliphatic rings. The fourth-order valence-corrected chi connectivity index (χ4v) is 2.05. The molecule has 0 saturated heterocycles. The minimum absolute atomic E-state index is 0.722. The van der Waals surface area contributed by atoms with Crippen molar-refractivity contribution in [2.45, 2.75) is 13.3 Å². The van der Waals surface area contributed by atoms with E-state index in [9.17, 15) is 0 Å². The Morgan fingerprint density at radius 2 is 1.15 bits per heavy atom. The molecular formula is C16H14N4. The van der Waals surface area contributed by atoms with Crippen molar-refractivity contribution in [3.05, 3.63) is 60.7 Å². The zero-order valence-electron chi connectivity index (χ0n) is 11.2. The predicted octanol–water partition coefficient (Wildman–Crippen LogP) is 3.16. The minimum Gasteiger partial charge on any atom is -0.237 e. The summed E-state index contributed by atoms with van der Waals surface area (Å²) in [6.45, 7) is 2.13. The van der Waals surface area contributed by atoms with E-state index in [-0.39, 0.29) is 0 Å². The van der Waals surface area contributed by atoms with Crippen LogP contribution in [0.2, 0.25) is 0 Å². The van der Waals surface area contributed by atoms with Crippen LogP contribution in [0, 0.1) is 0 Å². The molecule has 4 heteroatoms. The molecule has 0 bridgehead atoms. The smallest absolute Gasteiger partial charge is 0.159 e. The molecule has 20 heavy (non-hydrogen) atoms. The Hall–Kier alpha value is -2.62. The van der Waals surface area contributed by atoms with Crippen molar-refractivity contribution in [3.63, 3.8) is 0 Å². The van der Waals surface area contributed by atoms with E-state index in [1.54, 1.807) is 24.8 Å². The van der Waals surface area contributed by atoms with Crippen LogP contribution in [0.15, 0.2) is 55.1 Å². The molecule has 0 atom stereocenters. The van der Waals surface area contributed by atoms with E-state index >= 15 is 0 Å². The van der Waals surface area contributed by atoms with Crippen LogP contribution in [0.4, 0.5) is 0 Å². The fraction of sp³-hybridized carbons (Fsp3) is 0.125. The Morgan fingerprint density at radius 1 is 0.700 bits per heavy atom. The Balaban J connectivity index is 2.13. The molecule has 0 aliphatic heterocycles. The van der Waals surface area contributed by atoms with Crippen LogP contribution in [0.3, 0.4) is 0 Å². The van der Waals surface area contributed by atoms with Crippen molar-refractivity contribution in [2.75, 3.05) is 0 Å². The highest BCUT2D eigenvalue weighted by molar-refractivity contribution is 5.67. The molecule has 0 aliphatic carbocycles. The van der Waals surface area contributed by atoms with Gasteiger partial charge in [-0.1, -0.05) is 6.92 Å². The van der Waals surface area contributed by atoms with Gasteiger partial charge in [-0.05, 0) is 42.3 Å². The second-order valence-corrected chi connectivity index (χ2v) is 4.42. The average Bonchev–Trinajstić information content (AvgIpc) is 2.56. The fourth-order valence-electron chi connectivity index (χ4n) is 2.05. The lowest BCUT2D eigenvalue weighted by Gasteiger charge is -2.07. The van der Waals surface area contributed by atoms with Crippen molar-refractivity contribution < 1.29 is 0 Å². The second kappa shape index (κ2) is 5.57. The zero-order valence-corrected chi connectivity index (χ0v) is 11.2. The van der Waals surface area contributed by atoms with Crippen molar-refractivity contribution in [1.29, 1.82) is 0 Å². The lowest BCUT2D eigenvalue weighted by atomic mass is 10.0. The van der Waals surface area contributed by atoms with Crippen molar-refractivity contribution >= 4 is 0 Å². The largest absolute Gasteiger partial charge is 0.237 e. The van der Waals surface area contributed by atoms with Gasteiger partial charge in [0.2, 0.25) is 0 Å². The molecule has 2 aromatic heterocycles. The Bertz CT molecular complexity index is 638. The first kappa shape index (κ1) is 12.4. The van der Waals surface area contributed by atoms with Crippen molar-refractivity contribution in [3.8, 4) is 22.8 Å². The Kier molecular flexibility index (Phi) is 3.46. The van der Waals surface area contributed by atoms with Gasteiger partial charge in [0.25, 0.3) is 0 Å². The molecular weight excluding hydrogens is 248 g/mol. The third kappa shape index (κ3) is 2.54. The van der Waals surface area contributed by atoms with Gasteiger partial charge in [-0.15, -0.1) is 0 Å². The molecule has 0 radical (unpaired) electrons. The number of rotatable bonds is 3. The summed E-state index contributed by atoms with van der Waals surface area (Å²) in [7, 11) is 0. The lowest BCUT2D eigenvalue weighted by Crippen LogP contribution is -1.93. The molecule has 0 saturated carbocycles. The second-order valence-electron chi connectivity index (χ2n) is 4.42. The van der Waals surface area contributed by atoms with Gasteiger partial charge in [-0.25, -0.2) is 19.9 Å². The summed E-state index contributed by atoms with van der Waals surface area (Å²) in [6, 6.07) is 9.89. The third-order valence-electron chi connectivity index (χ3n) is 3.05. The average molecular weight is 262 g/mol. The molecule has 0 spiro atoms.